The van der Waals surface area contributed by atoms with Gasteiger partial charge in [0, 0.05) is 6.42 Å². The summed E-state index contributed by atoms with van der Waals surface area (Å²) in [5.41, 5.74) is 2.46. The quantitative estimate of drug-likeness (QED) is 0.0459. The van der Waals surface area contributed by atoms with Crippen LogP contribution in [0.3, 0.4) is 0 Å². The number of unbranched alkanes of at least 4 members (excludes halogenated alkanes) is 10. The van der Waals surface area contributed by atoms with Gasteiger partial charge in [-0.3, -0.25) is 0 Å². The molecule has 0 bridgehead atoms. The molecular formula is C43H56N4O6S2. The summed E-state index contributed by atoms with van der Waals surface area (Å²) in [7, 11) is -6.60. The summed E-state index contributed by atoms with van der Waals surface area (Å²) in [6.07, 6.45) is 13.1. The van der Waals surface area contributed by atoms with Crippen molar-refractivity contribution in [2.45, 2.75) is 107 Å². The van der Waals surface area contributed by atoms with Crippen LogP contribution in [-0.4, -0.2) is 41.6 Å². The number of benzene rings is 4. The SMILES string of the molecule is CCCCCCCCS(=O)(=O)c1ccc(N=Nc2ccc(OCCCOc3ccc(N=Nc4ccc(S(=O)(=O)CCCCCCCC)cc4)cc3)cc2)cc1. The first-order valence-corrected chi connectivity index (χ1v) is 22.9. The third-order valence-electron chi connectivity index (χ3n) is 8.99. The maximum Gasteiger partial charge on any atom is 0.178 e. The molecule has 0 N–H and O–H groups in total. The van der Waals surface area contributed by atoms with Crippen LogP contribution in [0.25, 0.3) is 0 Å². The lowest BCUT2D eigenvalue weighted by Crippen LogP contribution is -2.06. The van der Waals surface area contributed by atoms with E-state index < -0.39 is 19.7 Å². The predicted octanol–water partition coefficient (Wildman–Crippen LogP) is 12.6. The second-order valence-corrected chi connectivity index (χ2v) is 17.8. The second-order valence-electron chi connectivity index (χ2n) is 13.6. The zero-order valence-corrected chi connectivity index (χ0v) is 33.9. The Kier molecular flexibility index (Phi) is 18.5. The van der Waals surface area contributed by atoms with Gasteiger partial charge < -0.3 is 9.47 Å². The van der Waals surface area contributed by atoms with Gasteiger partial charge in [-0.1, -0.05) is 78.1 Å². The largest absolute Gasteiger partial charge is 0.493 e. The van der Waals surface area contributed by atoms with Gasteiger partial charge in [0.15, 0.2) is 19.7 Å². The van der Waals surface area contributed by atoms with Crippen LogP contribution in [0.1, 0.15) is 97.3 Å². The molecule has 0 aliphatic rings. The molecule has 0 atom stereocenters. The smallest absolute Gasteiger partial charge is 0.178 e. The highest BCUT2D eigenvalue weighted by Crippen LogP contribution is 2.25. The van der Waals surface area contributed by atoms with E-state index in [9.17, 15) is 16.8 Å². The topological polar surface area (TPSA) is 136 Å². The summed E-state index contributed by atoms with van der Waals surface area (Å²) >= 11 is 0. The minimum absolute atomic E-state index is 0.167. The predicted molar refractivity (Wildman–Crippen MR) is 221 cm³/mol. The minimum atomic E-state index is -3.30. The maximum absolute atomic E-state index is 12.7. The summed E-state index contributed by atoms with van der Waals surface area (Å²) in [6, 6.07) is 27.6. The number of azo groups is 2. The standard InChI is InChI=1S/C43H56N4O6S2/c1-3-5-7-9-11-13-34-54(48,49)42-28-20-38(21-29-42)46-44-36-16-24-40(25-17-36)52-32-15-33-53-41-26-18-37(19-27-41)45-47-39-22-30-43(31-23-39)55(50,51)35-14-12-10-8-6-4-2/h16-31H,3-15,32-35H2,1-2H3. The molecule has 0 aliphatic heterocycles. The fourth-order valence-corrected chi connectivity index (χ4v) is 8.45. The van der Waals surface area contributed by atoms with Gasteiger partial charge in [0.1, 0.15) is 11.5 Å². The lowest BCUT2D eigenvalue weighted by atomic mass is 10.1. The summed E-state index contributed by atoms with van der Waals surface area (Å²) < 4.78 is 62.3. The highest BCUT2D eigenvalue weighted by Gasteiger charge is 2.15. The Hall–Kier alpha value is -4.42. The maximum atomic E-state index is 12.7. The zero-order chi connectivity index (χ0) is 39.2. The van der Waals surface area contributed by atoms with Crippen LogP contribution < -0.4 is 9.47 Å². The van der Waals surface area contributed by atoms with E-state index in [2.05, 4.69) is 34.3 Å². The van der Waals surface area contributed by atoms with Crippen LogP contribution in [0.5, 0.6) is 11.5 Å². The van der Waals surface area contributed by atoms with Crippen molar-refractivity contribution < 1.29 is 26.3 Å². The number of ether oxygens (including phenoxy) is 2. The number of rotatable bonds is 26. The molecular weight excluding hydrogens is 733 g/mol. The molecule has 55 heavy (non-hydrogen) atoms. The number of hydrogen-bond donors (Lipinski definition) is 0. The molecule has 0 aliphatic carbocycles. The van der Waals surface area contributed by atoms with Gasteiger partial charge in [-0.15, -0.1) is 0 Å². The molecule has 0 radical (unpaired) electrons. The van der Waals surface area contributed by atoms with Crippen molar-refractivity contribution in [1.29, 1.82) is 0 Å². The first-order chi connectivity index (χ1) is 26.7. The summed E-state index contributed by atoms with van der Waals surface area (Å²) in [5.74, 6) is 1.75. The van der Waals surface area contributed by atoms with E-state index in [0.717, 1.165) is 38.5 Å². The molecule has 10 nitrogen and oxygen atoms in total. The fraction of sp³-hybridized carbons (Fsp3) is 0.442. The third-order valence-corrected chi connectivity index (χ3v) is 12.6. The molecule has 0 saturated heterocycles. The molecule has 296 valence electrons. The molecule has 4 rings (SSSR count). The van der Waals surface area contributed by atoms with E-state index in [-0.39, 0.29) is 11.5 Å². The minimum Gasteiger partial charge on any atom is -0.493 e. The fourth-order valence-electron chi connectivity index (χ4n) is 5.71. The average Bonchev–Trinajstić information content (AvgIpc) is 3.20. The normalized spacial score (nSPS) is 12.1. The van der Waals surface area contributed by atoms with Gasteiger partial charge in [-0.05, 0) is 110 Å². The third kappa shape index (κ3) is 16.1. The highest BCUT2D eigenvalue weighted by atomic mass is 32.2. The van der Waals surface area contributed by atoms with E-state index >= 15 is 0 Å². The van der Waals surface area contributed by atoms with Gasteiger partial charge >= 0.3 is 0 Å². The Morgan fingerprint density at radius 3 is 1.00 bits per heavy atom. The van der Waals surface area contributed by atoms with E-state index in [1.54, 1.807) is 48.5 Å². The van der Waals surface area contributed by atoms with E-state index in [4.69, 9.17) is 9.47 Å². The molecule has 0 fully saturated rings. The molecule has 0 aromatic heterocycles. The summed E-state index contributed by atoms with van der Waals surface area (Å²) in [6.45, 7) is 5.28. The lowest BCUT2D eigenvalue weighted by Gasteiger charge is -2.08. The first-order valence-electron chi connectivity index (χ1n) is 19.6. The van der Waals surface area contributed by atoms with Gasteiger partial charge in [0.25, 0.3) is 0 Å². The average molecular weight is 789 g/mol. The van der Waals surface area contributed by atoms with Crippen molar-refractivity contribution in [1.82, 2.24) is 0 Å². The van der Waals surface area contributed by atoms with Crippen LogP contribution in [-0.2, 0) is 19.7 Å². The Morgan fingerprint density at radius 2 is 0.673 bits per heavy atom. The van der Waals surface area contributed by atoms with Crippen molar-refractivity contribution >= 4 is 42.4 Å². The molecule has 0 amide bonds. The molecule has 0 heterocycles. The van der Waals surface area contributed by atoms with E-state index in [1.807, 2.05) is 48.5 Å². The van der Waals surface area contributed by atoms with E-state index in [1.165, 1.54) is 25.7 Å². The molecule has 0 spiro atoms. The Morgan fingerprint density at radius 1 is 0.382 bits per heavy atom. The van der Waals surface area contributed by atoms with Crippen LogP contribution in [0.4, 0.5) is 22.7 Å². The Balaban J connectivity index is 1.12. The van der Waals surface area contributed by atoms with Crippen molar-refractivity contribution in [3.63, 3.8) is 0 Å². The monoisotopic (exact) mass is 788 g/mol. The van der Waals surface area contributed by atoms with Crippen LogP contribution in [0.15, 0.2) is 127 Å². The Labute approximate surface area is 328 Å². The van der Waals surface area contributed by atoms with E-state index in [0.29, 0.717) is 76.5 Å². The second kappa shape index (κ2) is 23.5. The number of hydrogen-bond acceptors (Lipinski definition) is 10. The zero-order valence-electron chi connectivity index (χ0n) is 32.3. The molecule has 0 saturated carbocycles. The van der Waals surface area contributed by atoms with Crippen molar-refractivity contribution in [3.05, 3.63) is 97.1 Å². The first kappa shape index (κ1) is 43.3. The Bertz CT molecular complexity index is 1820. The molecule has 4 aromatic rings. The lowest BCUT2D eigenvalue weighted by molar-refractivity contribution is 0.247. The van der Waals surface area contributed by atoms with Gasteiger partial charge in [-0.25, -0.2) is 16.8 Å². The molecule has 4 aromatic carbocycles. The van der Waals surface area contributed by atoms with Crippen LogP contribution in [0.2, 0.25) is 0 Å². The molecule has 0 unspecified atom stereocenters. The van der Waals surface area contributed by atoms with Crippen molar-refractivity contribution in [2.75, 3.05) is 24.7 Å². The summed E-state index contributed by atoms with van der Waals surface area (Å²) in [4.78, 5) is 0.636. The van der Waals surface area contributed by atoms with Gasteiger partial charge in [0.05, 0.1) is 57.3 Å². The van der Waals surface area contributed by atoms with Crippen molar-refractivity contribution in [3.8, 4) is 11.5 Å². The van der Waals surface area contributed by atoms with Crippen molar-refractivity contribution in [2.24, 2.45) is 20.5 Å². The van der Waals surface area contributed by atoms with Gasteiger partial charge in [0.2, 0.25) is 0 Å². The number of sulfone groups is 2. The summed E-state index contributed by atoms with van der Waals surface area (Å²) in [5, 5.41) is 17.0. The van der Waals surface area contributed by atoms with Crippen LogP contribution in [0, 0.1) is 0 Å². The highest BCUT2D eigenvalue weighted by molar-refractivity contribution is 7.91. The van der Waals surface area contributed by atoms with Gasteiger partial charge in [-0.2, -0.15) is 20.5 Å². The van der Waals surface area contributed by atoms with Crippen LogP contribution >= 0.6 is 0 Å². The molecule has 12 heteroatoms. The number of nitrogens with zero attached hydrogens (tertiary/aromatic N) is 4.